The Balaban J connectivity index is 1.79. The number of carbonyl (C=O) groups is 1. The quantitative estimate of drug-likeness (QED) is 0.655. The van der Waals surface area contributed by atoms with Crippen LogP contribution in [0.4, 0.5) is 14.5 Å². The van der Waals surface area contributed by atoms with Gasteiger partial charge in [0.15, 0.2) is 5.76 Å². The summed E-state index contributed by atoms with van der Waals surface area (Å²) < 4.78 is 34.7. The summed E-state index contributed by atoms with van der Waals surface area (Å²) in [5.74, 6) is -0.224. The average Bonchev–Trinajstić information content (AvgIpc) is 3.06. The van der Waals surface area contributed by atoms with Gasteiger partial charge in [-0.05, 0) is 36.4 Å². The number of hydrogen-bond donors (Lipinski definition) is 1. The van der Waals surface area contributed by atoms with Gasteiger partial charge in [0.05, 0.1) is 5.69 Å². The lowest BCUT2D eigenvalue weighted by molar-refractivity contribution is -0.0493. The number of rotatable bonds is 5. The molecule has 1 aromatic heterocycles. The van der Waals surface area contributed by atoms with Crippen LogP contribution in [0.2, 0.25) is 5.02 Å². The summed E-state index contributed by atoms with van der Waals surface area (Å²) in [7, 11) is 0. The van der Waals surface area contributed by atoms with Crippen molar-refractivity contribution in [2.45, 2.75) is 6.61 Å². The number of furan rings is 1. The molecule has 1 N–H and O–H groups in total. The number of benzene rings is 2. The highest BCUT2D eigenvalue weighted by atomic mass is 35.5. The van der Waals surface area contributed by atoms with E-state index in [0.717, 1.165) is 0 Å². The standard InChI is InChI=1S/C18H12ClF2NO3/c19-12-5-3-4-11(10-12)14-8-9-16(24-14)17(23)22-13-6-1-2-7-15(13)25-18(20)21/h1-10,18H,(H,22,23). The van der Waals surface area contributed by atoms with Crippen LogP contribution in [0.25, 0.3) is 11.3 Å². The number of hydrogen-bond acceptors (Lipinski definition) is 3. The van der Waals surface area contributed by atoms with Crippen molar-refractivity contribution in [3.8, 4) is 17.1 Å². The van der Waals surface area contributed by atoms with Gasteiger partial charge in [0.25, 0.3) is 5.91 Å². The molecular formula is C18H12ClF2NO3. The van der Waals surface area contributed by atoms with Crippen molar-refractivity contribution in [3.05, 3.63) is 71.4 Å². The minimum absolute atomic E-state index is 0.0295. The van der Waals surface area contributed by atoms with E-state index in [1.807, 2.05) is 0 Å². The first kappa shape index (κ1) is 17.0. The largest absolute Gasteiger partial charge is 0.451 e. The number of para-hydroxylation sites is 2. The van der Waals surface area contributed by atoms with Crippen LogP contribution in [-0.4, -0.2) is 12.5 Å². The highest BCUT2D eigenvalue weighted by molar-refractivity contribution is 6.30. The first-order chi connectivity index (χ1) is 12.0. The van der Waals surface area contributed by atoms with Gasteiger partial charge in [0.2, 0.25) is 0 Å². The van der Waals surface area contributed by atoms with Crippen LogP contribution < -0.4 is 10.1 Å². The van der Waals surface area contributed by atoms with Crippen LogP contribution in [0.1, 0.15) is 10.6 Å². The van der Waals surface area contributed by atoms with Crippen LogP contribution in [0.3, 0.4) is 0 Å². The second-order valence-electron chi connectivity index (χ2n) is 5.00. The smallest absolute Gasteiger partial charge is 0.387 e. The zero-order valence-electron chi connectivity index (χ0n) is 12.7. The zero-order chi connectivity index (χ0) is 17.8. The van der Waals surface area contributed by atoms with Crippen molar-refractivity contribution >= 4 is 23.2 Å². The number of carbonyl (C=O) groups excluding carboxylic acids is 1. The molecule has 0 fully saturated rings. The summed E-state index contributed by atoms with van der Waals surface area (Å²) in [6, 6.07) is 16.0. The third kappa shape index (κ3) is 4.16. The predicted octanol–water partition coefficient (Wildman–Crippen LogP) is 5.45. The molecule has 0 unspecified atom stereocenters. The fraction of sp³-hybridized carbons (Fsp3) is 0.0556. The van der Waals surface area contributed by atoms with Gasteiger partial charge in [-0.25, -0.2) is 0 Å². The van der Waals surface area contributed by atoms with Crippen molar-refractivity contribution < 1.29 is 22.7 Å². The summed E-state index contributed by atoms with van der Waals surface area (Å²) in [6.07, 6.45) is 0. The molecule has 25 heavy (non-hydrogen) atoms. The SMILES string of the molecule is O=C(Nc1ccccc1OC(F)F)c1ccc(-c2cccc(Cl)c2)o1. The highest BCUT2D eigenvalue weighted by Gasteiger charge is 2.16. The molecular weight excluding hydrogens is 352 g/mol. The molecule has 3 aromatic rings. The van der Waals surface area contributed by atoms with E-state index in [1.165, 1.54) is 24.3 Å². The Kier molecular flexibility index (Phi) is 5.00. The normalized spacial score (nSPS) is 10.7. The Morgan fingerprint density at radius 2 is 1.88 bits per heavy atom. The van der Waals surface area contributed by atoms with Crippen molar-refractivity contribution in [1.82, 2.24) is 0 Å². The number of nitrogens with one attached hydrogen (secondary N) is 1. The van der Waals surface area contributed by atoms with Gasteiger partial charge < -0.3 is 14.5 Å². The molecule has 1 amide bonds. The first-order valence-electron chi connectivity index (χ1n) is 7.24. The van der Waals surface area contributed by atoms with E-state index in [4.69, 9.17) is 16.0 Å². The van der Waals surface area contributed by atoms with Crippen molar-refractivity contribution in [2.24, 2.45) is 0 Å². The maximum absolute atomic E-state index is 12.4. The fourth-order valence-electron chi connectivity index (χ4n) is 2.21. The molecule has 0 atom stereocenters. The lowest BCUT2D eigenvalue weighted by Crippen LogP contribution is -2.13. The van der Waals surface area contributed by atoms with Gasteiger partial charge in [0.1, 0.15) is 11.5 Å². The fourth-order valence-corrected chi connectivity index (χ4v) is 2.40. The molecule has 0 aliphatic rings. The second-order valence-corrected chi connectivity index (χ2v) is 5.44. The van der Waals surface area contributed by atoms with Gasteiger partial charge in [-0.2, -0.15) is 8.78 Å². The molecule has 0 bridgehead atoms. The molecule has 128 valence electrons. The summed E-state index contributed by atoms with van der Waals surface area (Å²) in [4.78, 5) is 12.3. The number of anilines is 1. The molecule has 3 rings (SSSR count). The maximum atomic E-state index is 12.4. The van der Waals surface area contributed by atoms with Crippen molar-refractivity contribution in [1.29, 1.82) is 0 Å². The molecule has 0 saturated carbocycles. The van der Waals surface area contributed by atoms with Gasteiger partial charge in [-0.15, -0.1) is 0 Å². The van der Waals surface area contributed by atoms with Crippen LogP contribution in [0.15, 0.2) is 65.1 Å². The van der Waals surface area contributed by atoms with Gasteiger partial charge >= 0.3 is 6.61 Å². The van der Waals surface area contributed by atoms with Crippen LogP contribution in [-0.2, 0) is 0 Å². The molecule has 7 heteroatoms. The molecule has 4 nitrogen and oxygen atoms in total. The van der Waals surface area contributed by atoms with Gasteiger partial charge in [-0.1, -0.05) is 35.9 Å². The number of ether oxygens (including phenoxy) is 1. The molecule has 0 aliphatic heterocycles. The Hall–Kier alpha value is -2.86. The van der Waals surface area contributed by atoms with Crippen molar-refractivity contribution in [2.75, 3.05) is 5.32 Å². The van der Waals surface area contributed by atoms with Crippen LogP contribution in [0.5, 0.6) is 5.75 Å². The minimum Gasteiger partial charge on any atom is -0.451 e. The van der Waals surface area contributed by atoms with Crippen LogP contribution in [0, 0.1) is 0 Å². The predicted molar refractivity (Wildman–Crippen MR) is 90.2 cm³/mol. The highest BCUT2D eigenvalue weighted by Crippen LogP contribution is 2.28. The monoisotopic (exact) mass is 363 g/mol. The summed E-state index contributed by atoms with van der Waals surface area (Å²) in [6.45, 7) is -2.99. The minimum atomic E-state index is -2.99. The topological polar surface area (TPSA) is 51.5 Å². The molecule has 2 aromatic carbocycles. The van der Waals surface area contributed by atoms with E-state index in [9.17, 15) is 13.6 Å². The lowest BCUT2D eigenvalue weighted by atomic mass is 10.2. The van der Waals surface area contributed by atoms with E-state index in [2.05, 4.69) is 10.1 Å². The Morgan fingerprint density at radius 3 is 2.64 bits per heavy atom. The maximum Gasteiger partial charge on any atom is 0.387 e. The number of alkyl halides is 2. The molecule has 0 aliphatic carbocycles. The van der Waals surface area contributed by atoms with E-state index >= 15 is 0 Å². The van der Waals surface area contributed by atoms with E-state index in [-0.39, 0.29) is 17.2 Å². The average molecular weight is 364 g/mol. The Bertz CT molecular complexity index is 895. The zero-order valence-corrected chi connectivity index (χ0v) is 13.5. The first-order valence-corrected chi connectivity index (χ1v) is 7.61. The third-order valence-electron chi connectivity index (χ3n) is 3.29. The molecule has 0 radical (unpaired) electrons. The number of halogens is 3. The van der Waals surface area contributed by atoms with Crippen molar-refractivity contribution in [3.63, 3.8) is 0 Å². The third-order valence-corrected chi connectivity index (χ3v) is 3.53. The molecule has 1 heterocycles. The lowest BCUT2D eigenvalue weighted by Gasteiger charge is -2.10. The second kappa shape index (κ2) is 7.36. The van der Waals surface area contributed by atoms with Crippen LogP contribution >= 0.6 is 11.6 Å². The number of amides is 1. The Morgan fingerprint density at radius 1 is 1.08 bits per heavy atom. The molecule has 0 spiro atoms. The van der Waals surface area contributed by atoms with E-state index < -0.39 is 12.5 Å². The van der Waals surface area contributed by atoms with Gasteiger partial charge in [-0.3, -0.25) is 4.79 Å². The summed E-state index contributed by atoms with van der Waals surface area (Å²) >= 11 is 5.93. The van der Waals surface area contributed by atoms with Gasteiger partial charge in [0, 0.05) is 10.6 Å². The summed E-state index contributed by atoms with van der Waals surface area (Å²) in [5, 5.41) is 3.03. The van der Waals surface area contributed by atoms with E-state index in [1.54, 1.807) is 36.4 Å². The Labute approximate surface area is 147 Å². The van der Waals surface area contributed by atoms with E-state index in [0.29, 0.717) is 16.3 Å². The molecule has 0 saturated heterocycles. The summed E-state index contributed by atoms with van der Waals surface area (Å²) in [5.41, 5.74) is 0.835.